The fourth-order valence-electron chi connectivity index (χ4n) is 3.23. The van der Waals surface area contributed by atoms with Crippen molar-refractivity contribution in [1.82, 2.24) is 29.9 Å². The average Bonchev–Trinajstić information content (AvgIpc) is 3.27. The number of hydrogen-bond donors (Lipinski definition) is 1. The summed E-state index contributed by atoms with van der Waals surface area (Å²) in [7, 11) is 0. The van der Waals surface area contributed by atoms with Crippen LogP contribution in [0.25, 0.3) is 11.0 Å². The van der Waals surface area contributed by atoms with Gasteiger partial charge in [0.1, 0.15) is 6.54 Å². The van der Waals surface area contributed by atoms with Gasteiger partial charge in [0, 0.05) is 30.6 Å². The number of amides is 1. The molecule has 1 N–H and O–H groups in total. The standard InChI is InChI=1S/C18H19F3N6O/c1-11-16-13(18(19,20)21)9-14(12-3-4-12)24-17(16)27(25-11)10-15(28)22-6-8-26-7-2-5-23-26/h2,5,7,9,12H,3-4,6,8,10H2,1H3,(H,22,28). The number of aryl methyl sites for hydroxylation is 1. The van der Waals surface area contributed by atoms with E-state index in [-0.39, 0.29) is 35.1 Å². The minimum atomic E-state index is -4.50. The molecular weight excluding hydrogens is 373 g/mol. The van der Waals surface area contributed by atoms with E-state index < -0.39 is 11.7 Å². The molecule has 1 amide bonds. The zero-order valence-corrected chi connectivity index (χ0v) is 15.2. The summed E-state index contributed by atoms with van der Waals surface area (Å²) in [6, 6.07) is 2.91. The van der Waals surface area contributed by atoms with Crippen LogP contribution in [0.2, 0.25) is 0 Å². The molecule has 0 atom stereocenters. The Kier molecular flexibility index (Phi) is 4.56. The van der Waals surface area contributed by atoms with Crippen LogP contribution in [0.5, 0.6) is 0 Å². The van der Waals surface area contributed by atoms with Crippen LogP contribution in [0.15, 0.2) is 24.5 Å². The second-order valence-corrected chi connectivity index (χ2v) is 6.93. The van der Waals surface area contributed by atoms with E-state index in [4.69, 9.17) is 0 Å². The van der Waals surface area contributed by atoms with Crippen LogP contribution >= 0.6 is 0 Å². The summed E-state index contributed by atoms with van der Waals surface area (Å²) in [5.41, 5.74) is 0.000250. The number of carbonyl (C=O) groups is 1. The highest BCUT2D eigenvalue weighted by atomic mass is 19.4. The van der Waals surface area contributed by atoms with E-state index in [2.05, 4.69) is 20.5 Å². The van der Waals surface area contributed by atoms with Crippen molar-refractivity contribution in [2.45, 2.75) is 44.9 Å². The molecule has 1 aliphatic carbocycles. The number of rotatable bonds is 6. The molecule has 0 aliphatic heterocycles. The number of fused-ring (bicyclic) bond motifs is 1. The summed E-state index contributed by atoms with van der Waals surface area (Å²) in [5.74, 6) is -0.291. The summed E-state index contributed by atoms with van der Waals surface area (Å²) in [4.78, 5) is 16.7. The number of nitrogens with zero attached hydrogens (tertiary/aromatic N) is 5. The van der Waals surface area contributed by atoms with Crippen molar-refractivity contribution < 1.29 is 18.0 Å². The lowest BCUT2D eigenvalue weighted by Gasteiger charge is -2.11. The molecule has 3 aromatic heterocycles. The van der Waals surface area contributed by atoms with Crippen LogP contribution in [0.4, 0.5) is 13.2 Å². The minimum absolute atomic E-state index is 0.0405. The predicted molar refractivity (Wildman–Crippen MR) is 94.5 cm³/mol. The smallest absolute Gasteiger partial charge is 0.353 e. The first kappa shape index (κ1) is 18.5. The third kappa shape index (κ3) is 3.71. The van der Waals surface area contributed by atoms with Crippen molar-refractivity contribution >= 4 is 16.9 Å². The number of pyridine rings is 1. The van der Waals surface area contributed by atoms with E-state index in [9.17, 15) is 18.0 Å². The summed E-state index contributed by atoms with van der Waals surface area (Å²) in [5, 5.41) is 10.9. The van der Waals surface area contributed by atoms with Crippen molar-refractivity contribution in [2.75, 3.05) is 6.54 Å². The average molecular weight is 392 g/mol. The quantitative estimate of drug-likeness (QED) is 0.700. The van der Waals surface area contributed by atoms with Crippen LogP contribution in [0.3, 0.4) is 0 Å². The second kappa shape index (κ2) is 6.92. The SMILES string of the molecule is Cc1nn(CC(=O)NCCn2cccn2)c2nc(C3CC3)cc(C(F)(F)F)c12. The van der Waals surface area contributed by atoms with Gasteiger partial charge in [0.05, 0.1) is 23.2 Å². The fraction of sp³-hybridized carbons (Fsp3) is 0.444. The molecule has 0 spiro atoms. The van der Waals surface area contributed by atoms with Gasteiger partial charge in [0.2, 0.25) is 5.91 Å². The van der Waals surface area contributed by atoms with Crippen LogP contribution in [-0.2, 0) is 24.1 Å². The molecular formula is C18H19F3N6O. The van der Waals surface area contributed by atoms with Gasteiger partial charge in [-0.25, -0.2) is 9.67 Å². The number of aromatic nitrogens is 5. The minimum Gasteiger partial charge on any atom is -0.353 e. The van der Waals surface area contributed by atoms with E-state index in [1.54, 1.807) is 23.1 Å². The lowest BCUT2D eigenvalue weighted by molar-refractivity contribution is -0.136. The zero-order valence-electron chi connectivity index (χ0n) is 15.2. The first-order valence-corrected chi connectivity index (χ1v) is 9.02. The molecule has 0 unspecified atom stereocenters. The highest BCUT2D eigenvalue weighted by Crippen LogP contribution is 2.43. The molecule has 1 saturated carbocycles. The van der Waals surface area contributed by atoms with Gasteiger partial charge in [-0.1, -0.05) is 0 Å². The Morgan fingerprint density at radius 1 is 1.36 bits per heavy atom. The van der Waals surface area contributed by atoms with E-state index in [1.807, 2.05) is 0 Å². The number of halogens is 3. The Morgan fingerprint density at radius 2 is 2.14 bits per heavy atom. The Bertz CT molecular complexity index is 1000. The maximum Gasteiger partial charge on any atom is 0.417 e. The first-order valence-electron chi connectivity index (χ1n) is 9.02. The highest BCUT2D eigenvalue weighted by Gasteiger charge is 2.37. The van der Waals surface area contributed by atoms with Gasteiger partial charge in [-0.15, -0.1) is 0 Å². The Hall–Kier alpha value is -2.91. The maximum atomic E-state index is 13.6. The number of hydrogen-bond acceptors (Lipinski definition) is 4. The van der Waals surface area contributed by atoms with Gasteiger partial charge in [-0.3, -0.25) is 9.48 Å². The third-order valence-electron chi connectivity index (χ3n) is 4.71. The van der Waals surface area contributed by atoms with Gasteiger partial charge < -0.3 is 5.32 Å². The Labute approximate surface area is 158 Å². The summed E-state index contributed by atoms with van der Waals surface area (Å²) >= 11 is 0. The molecule has 0 radical (unpaired) electrons. The number of nitrogens with one attached hydrogen (secondary N) is 1. The van der Waals surface area contributed by atoms with Crippen molar-refractivity contribution in [2.24, 2.45) is 0 Å². The van der Waals surface area contributed by atoms with Gasteiger partial charge in [-0.2, -0.15) is 23.4 Å². The largest absolute Gasteiger partial charge is 0.417 e. The second-order valence-electron chi connectivity index (χ2n) is 6.93. The molecule has 1 fully saturated rings. The van der Waals surface area contributed by atoms with Gasteiger partial charge in [0.15, 0.2) is 5.65 Å². The van der Waals surface area contributed by atoms with Crippen molar-refractivity contribution in [3.8, 4) is 0 Å². The summed E-state index contributed by atoms with van der Waals surface area (Å²) in [6.07, 6.45) is 0.573. The lowest BCUT2D eigenvalue weighted by Crippen LogP contribution is -2.31. The third-order valence-corrected chi connectivity index (χ3v) is 4.71. The first-order chi connectivity index (χ1) is 13.3. The summed E-state index contributed by atoms with van der Waals surface area (Å²) < 4.78 is 43.7. The Morgan fingerprint density at radius 3 is 2.79 bits per heavy atom. The molecule has 4 rings (SSSR count). The monoisotopic (exact) mass is 392 g/mol. The van der Waals surface area contributed by atoms with Crippen molar-refractivity contribution in [3.05, 3.63) is 41.5 Å². The Balaban J connectivity index is 1.58. The van der Waals surface area contributed by atoms with Crippen LogP contribution in [-0.4, -0.2) is 37.0 Å². The predicted octanol–water partition coefficient (Wildman–Crippen LogP) is 2.65. The van der Waals surface area contributed by atoms with Gasteiger partial charge in [0.25, 0.3) is 0 Å². The van der Waals surface area contributed by atoms with Crippen LogP contribution < -0.4 is 5.32 Å². The molecule has 3 heterocycles. The van der Waals surface area contributed by atoms with E-state index in [0.717, 1.165) is 18.9 Å². The molecule has 10 heteroatoms. The lowest BCUT2D eigenvalue weighted by atomic mass is 10.1. The van der Waals surface area contributed by atoms with E-state index in [1.165, 1.54) is 11.6 Å². The molecule has 0 bridgehead atoms. The number of carbonyl (C=O) groups excluding carboxylic acids is 1. The number of alkyl halides is 3. The molecule has 1 aliphatic rings. The zero-order chi connectivity index (χ0) is 19.9. The van der Waals surface area contributed by atoms with E-state index >= 15 is 0 Å². The molecule has 3 aromatic rings. The molecule has 0 saturated heterocycles. The van der Waals surface area contributed by atoms with Crippen LogP contribution in [0.1, 0.15) is 35.7 Å². The molecule has 0 aromatic carbocycles. The van der Waals surface area contributed by atoms with E-state index in [0.29, 0.717) is 18.8 Å². The van der Waals surface area contributed by atoms with Crippen molar-refractivity contribution in [3.63, 3.8) is 0 Å². The summed E-state index contributed by atoms with van der Waals surface area (Å²) in [6.45, 7) is 2.16. The molecule has 7 nitrogen and oxygen atoms in total. The topological polar surface area (TPSA) is 77.6 Å². The maximum absolute atomic E-state index is 13.6. The van der Waals surface area contributed by atoms with Gasteiger partial charge >= 0.3 is 6.18 Å². The molecule has 28 heavy (non-hydrogen) atoms. The van der Waals surface area contributed by atoms with Crippen molar-refractivity contribution in [1.29, 1.82) is 0 Å². The fourth-order valence-corrected chi connectivity index (χ4v) is 3.23. The normalized spacial score (nSPS) is 14.6. The van der Waals surface area contributed by atoms with Crippen LogP contribution in [0, 0.1) is 6.92 Å². The highest BCUT2D eigenvalue weighted by molar-refractivity contribution is 5.85. The molecule has 148 valence electrons. The van der Waals surface area contributed by atoms with Gasteiger partial charge in [-0.05, 0) is 31.9 Å².